The zero-order chi connectivity index (χ0) is 15.6. The summed E-state index contributed by atoms with van der Waals surface area (Å²) in [5.74, 6) is 0. The Morgan fingerprint density at radius 1 is 1.05 bits per heavy atom. The molecule has 1 atom stereocenters. The largest absolute Gasteiger partial charge is 0.389 e. The van der Waals surface area contributed by atoms with Crippen molar-refractivity contribution >= 4 is 15.7 Å². The van der Waals surface area contributed by atoms with Crippen LogP contribution in [0.2, 0.25) is 0 Å². The summed E-state index contributed by atoms with van der Waals surface area (Å²) in [6, 6.07) is 11.8. The van der Waals surface area contributed by atoms with Crippen molar-refractivity contribution in [1.29, 1.82) is 0 Å². The van der Waals surface area contributed by atoms with Crippen LogP contribution >= 0.6 is 0 Å². The molecule has 0 heterocycles. The van der Waals surface area contributed by atoms with E-state index < -0.39 is 16.1 Å². The number of rotatable bonds is 4. The number of aliphatic hydroxyl groups excluding tert-OH is 1. The average molecular weight is 305 g/mol. The van der Waals surface area contributed by atoms with Crippen LogP contribution in [0.25, 0.3) is 0 Å². The van der Waals surface area contributed by atoms with E-state index in [1.165, 1.54) is 12.1 Å². The van der Waals surface area contributed by atoms with Gasteiger partial charge < -0.3 is 5.11 Å². The second-order valence-electron chi connectivity index (χ2n) is 5.17. The van der Waals surface area contributed by atoms with E-state index in [1.54, 1.807) is 25.1 Å². The first kappa shape index (κ1) is 15.5. The molecule has 0 saturated heterocycles. The summed E-state index contributed by atoms with van der Waals surface area (Å²) in [5, 5.41) is 9.45. The zero-order valence-electron chi connectivity index (χ0n) is 12.3. The van der Waals surface area contributed by atoms with Crippen molar-refractivity contribution in [3.8, 4) is 0 Å². The minimum absolute atomic E-state index is 0.174. The molecule has 2 N–H and O–H groups in total. The van der Waals surface area contributed by atoms with Crippen molar-refractivity contribution < 1.29 is 13.5 Å². The van der Waals surface area contributed by atoms with Gasteiger partial charge in [-0.3, -0.25) is 4.72 Å². The van der Waals surface area contributed by atoms with Gasteiger partial charge in [0.05, 0.1) is 16.7 Å². The Kier molecular flexibility index (Phi) is 4.34. The van der Waals surface area contributed by atoms with E-state index in [9.17, 15) is 13.5 Å². The first-order valence-corrected chi connectivity index (χ1v) is 8.16. The van der Waals surface area contributed by atoms with Crippen LogP contribution in [0, 0.1) is 13.8 Å². The highest BCUT2D eigenvalue weighted by Crippen LogP contribution is 2.22. The maximum atomic E-state index is 12.4. The lowest BCUT2D eigenvalue weighted by atomic mass is 10.1. The summed E-state index contributed by atoms with van der Waals surface area (Å²) < 4.78 is 27.3. The zero-order valence-corrected chi connectivity index (χ0v) is 13.1. The van der Waals surface area contributed by atoms with Crippen LogP contribution in [0.15, 0.2) is 47.4 Å². The van der Waals surface area contributed by atoms with Gasteiger partial charge in [0, 0.05) is 0 Å². The van der Waals surface area contributed by atoms with Crippen LogP contribution in [0.4, 0.5) is 5.69 Å². The Morgan fingerprint density at radius 2 is 1.67 bits per heavy atom. The third-order valence-electron chi connectivity index (χ3n) is 3.31. The van der Waals surface area contributed by atoms with Crippen molar-refractivity contribution in [3.05, 3.63) is 59.2 Å². The molecule has 5 heteroatoms. The van der Waals surface area contributed by atoms with Crippen LogP contribution in [0.5, 0.6) is 0 Å². The van der Waals surface area contributed by atoms with E-state index in [2.05, 4.69) is 4.72 Å². The lowest BCUT2D eigenvalue weighted by molar-refractivity contribution is 0.199. The smallest absolute Gasteiger partial charge is 0.261 e. The third kappa shape index (κ3) is 3.62. The van der Waals surface area contributed by atoms with Crippen molar-refractivity contribution in [2.24, 2.45) is 0 Å². The van der Waals surface area contributed by atoms with Crippen molar-refractivity contribution in [2.75, 3.05) is 4.72 Å². The fourth-order valence-electron chi connectivity index (χ4n) is 1.97. The lowest BCUT2D eigenvalue weighted by Crippen LogP contribution is -2.14. The maximum absolute atomic E-state index is 12.4. The van der Waals surface area contributed by atoms with Crippen LogP contribution in [-0.2, 0) is 10.0 Å². The number of benzene rings is 2. The summed E-state index contributed by atoms with van der Waals surface area (Å²) in [6.45, 7) is 5.40. The minimum atomic E-state index is -3.63. The van der Waals surface area contributed by atoms with Gasteiger partial charge in [0.2, 0.25) is 0 Å². The number of sulfonamides is 1. The van der Waals surface area contributed by atoms with Crippen LogP contribution < -0.4 is 4.72 Å². The molecule has 0 aromatic heterocycles. The van der Waals surface area contributed by atoms with E-state index in [-0.39, 0.29) is 4.90 Å². The van der Waals surface area contributed by atoms with Gasteiger partial charge in [0.1, 0.15) is 0 Å². The molecule has 0 saturated carbocycles. The molecule has 2 rings (SSSR count). The quantitative estimate of drug-likeness (QED) is 0.912. The Bertz CT molecular complexity index is 735. The molecule has 21 heavy (non-hydrogen) atoms. The molecule has 0 radical (unpaired) electrons. The summed E-state index contributed by atoms with van der Waals surface area (Å²) >= 11 is 0. The molecule has 0 bridgehead atoms. The van der Waals surface area contributed by atoms with Gasteiger partial charge in [0.25, 0.3) is 10.0 Å². The topological polar surface area (TPSA) is 66.4 Å². The second kappa shape index (κ2) is 5.87. The Labute approximate surface area is 125 Å². The SMILES string of the molecule is Cc1ccc(C)c(NS(=O)(=O)c2ccc(C(C)O)cc2)c1. The molecule has 2 aromatic carbocycles. The monoisotopic (exact) mass is 305 g/mol. The van der Waals surface area contributed by atoms with Crippen molar-refractivity contribution in [1.82, 2.24) is 0 Å². The molecule has 0 fully saturated rings. The molecule has 1 unspecified atom stereocenters. The number of aliphatic hydroxyl groups is 1. The van der Waals surface area contributed by atoms with Crippen LogP contribution in [0.3, 0.4) is 0 Å². The molecule has 0 aliphatic rings. The van der Waals surface area contributed by atoms with Crippen LogP contribution in [-0.4, -0.2) is 13.5 Å². The molecule has 112 valence electrons. The standard InChI is InChI=1S/C16H19NO3S/c1-11-4-5-12(2)16(10-11)17-21(19,20)15-8-6-14(7-9-15)13(3)18/h4-10,13,17-18H,1-3H3. The summed E-state index contributed by atoms with van der Waals surface area (Å²) in [4.78, 5) is 0.174. The summed E-state index contributed by atoms with van der Waals surface area (Å²) in [7, 11) is -3.63. The van der Waals surface area contributed by atoms with Gasteiger partial charge in [0.15, 0.2) is 0 Å². The van der Waals surface area contributed by atoms with Crippen LogP contribution in [0.1, 0.15) is 29.7 Å². The fourth-order valence-corrected chi connectivity index (χ4v) is 3.10. The Balaban J connectivity index is 2.31. The Hall–Kier alpha value is -1.85. The second-order valence-corrected chi connectivity index (χ2v) is 6.85. The molecule has 4 nitrogen and oxygen atoms in total. The van der Waals surface area contributed by atoms with E-state index in [0.29, 0.717) is 11.3 Å². The molecule has 2 aromatic rings. The van der Waals surface area contributed by atoms with Gasteiger partial charge in [-0.1, -0.05) is 24.3 Å². The minimum Gasteiger partial charge on any atom is -0.389 e. The first-order valence-electron chi connectivity index (χ1n) is 6.68. The van der Waals surface area contributed by atoms with E-state index in [0.717, 1.165) is 11.1 Å². The van der Waals surface area contributed by atoms with Crippen molar-refractivity contribution in [3.63, 3.8) is 0 Å². The fraction of sp³-hybridized carbons (Fsp3) is 0.250. The van der Waals surface area contributed by atoms with E-state index >= 15 is 0 Å². The molecule has 0 aliphatic heterocycles. The maximum Gasteiger partial charge on any atom is 0.261 e. The van der Waals surface area contributed by atoms with Gasteiger partial charge in [-0.05, 0) is 55.7 Å². The molecule has 0 aliphatic carbocycles. The highest BCUT2D eigenvalue weighted by Gasteiger charge is 2.15. The number of aryl methyl sites for hydroxylation is 2. The molecule has 0 spiro atoms. The number of anilines is 1. The molecular weight excluding hydrogens is 286 g/mol. The highest BCUT2D eigenvalue weighted by atomic mass is 32.2. The van der Waals surface area contributed by atoms with Gasteiger partial charge >= 0.3 is 0 Å². The first-order chi connectivity index (χ1) is 9.79. The highest BCUT2D eigenvalue weighted by molar-refractivity contribution is 7.92. The predicted octanol–water partition coefficient (Wildman–Crippen LogP) is 3.16. The number of nitrogens with one attached hydrogen (secondary N) is 1. The summed E-state index contributed by atoms with van der Waals surface area (Å²) in [6.07, 6.45) is -0.617. The number of hydrogen-bond acceptors (Lipinski definition) is 3. The molecular formula is C16H19NO3S. The average Bonchev–Trinajstić information content (AvgIpc) is 2.43. The summed E-state index contributed by atoms with van der Waals surface area (Å²) in [5.41, 5.74) is 3.11. The van der Waals surface area contributed by atoms with Gasteiger partial charge in [-0.2, -0.15) is 0 Å². The van der Waals surface area contributed by atoms with Gasteiger partial charge in [-0.25, -0.2) is 8.42 Å². The predicted molar refractivity (Wildman–Crippen MR) is 83.8 cm³/mol. The molecule has 0 amide bonds. The lowest BCUT2D eigenvalue weighted by Gasteiger charge is -2.12. The van der Waals surface area contributed by atoms with E-state index in [1.807, 2.05) is 26.0 Å². The Morgan fingerprint density at radius 3 is 2.24 bits per heavy atom. The van der Waals surface area contributed by atoms with Crippen molar-refractivity contribution in [2.45, 2.75) is 31.8 Å². The van der Waals surface area contributed by atoms with Gasteiger partial charge in [-0.15, -0.1) is 0 Å². The van der Waals surface area contributed by atoms with E-state index in [4.69, 9.17) is 0 Å². The number of hydrogen-bond donors (Lipinski definition) is 2. The third-order valence-corrected chi connectivity index (χ3v) is 4.69. The normalized spacial score (nSPS) is 13.0.